The lowest BCUT2D eigenvalue weighted by molar-refractivity contribution is 0.310. The molecule has 1 saturated heterocycles. The van der Waals surface area contributed by atoms with Gasteiger partial charge in [0.05, 0.1) is 11.8 Å². The van der Waals surface area contributed by atoms with Crippen LogP contribution in [-0.2, 0) is 10.0 Å². The zero-order valence-electron chi connectivity index (χ0n) is 7.24. The lowest BCUT2D eigenvalue weighted by atomic mass is 10.1. The van der Waals surface area contributed by atoms with Gasteiger partial charge >= 0.3 is 0 Å². The molecule has 0 N–H and O–H groups in total. The van der Waals surface area contributed by atoms with Gasteiger partial charge in [-0.25, -0.2) is 8.42 Å². The summed E-state index contributed by atoms with van der Waals surface area (Å²) < 4.78 is 24.0. The molecule has 0 aromatic carbocycles. The van der Waals surface area contributed by atoms with E-state index in [2.05, 4.69) is 0 Å². The van der Waals surface area contributed by atoms with Crippen molar-refractivity contribution in [3.8, 4) is 6.07 Å². The fourth-order valence-electron chi connectivity index (χ4n) is 1.32. The van der Waals surface area contributed by atoms with Crippen LogP contribution in [0.2, 0.25) is 0 Å². The van der Waals surface area contributed by atoms with Gasteiger partial charge in [0.2, 0.25) is 10.0 Å². The van der Waals surface area contributed by atoms with Crippen LogP contribution in [0.3, 0.4) is 0 Å². The average molecular weight is 188 g/mol. The highest BCUT2D eigenvalue weighted by Crippen LogP contribution is 2.23. The SMILES string of the molecule is CC(C)(C#N)N1CCCS1(=O)=O. The normalized spacial score (nSPS) is 23.8. The molecule has 0 aromatic heterocycles. The Morgan fingerprint density at radius 3 is 2.42 bits per heavy atom. The quantitative estimate of drug-likeness (QED) is 0.595. The highest BCUT2D eigenvalue weighted by Gasteiger charge is 2.39. The Balaban J connectivity index is 3.00. The summed E-state index contributed by atoms with van der Waals surface area (Å²) in [7, 11) is -3.15. The van der Waals surface area contributed by atoms with Crippen LogP contribution in [0, 0.1) is 11.3 Å². The largest absolute Gasteiger partial charge is 0.215 e. The lowest BCUT2D eigenvalue weighted by Gasteiger charge is -2.26. The minimum absolute atomic E-state index is 0.179. The predicted octanol–water partition coefficient (Wildman–Crippen LogP) is 0.324. The third-order valence-electron chi connectivity index (χ3n) is 2.00. The van der Waals surface area contributed by atoms with Gasteiger partial charge in [-0.15, -0.1) is 0 Å². The van der Waals surface area contributed by atoms with E-state index in [0.29, 0.717) is 13.0 Å². The fraction of sp³-hybridized carbons (Fsp3) is 0.857. The number of hydrogen-bond donors (Lipinski definition) is 0. The maximum Gasteiger partial charge on any atom is 0.215 e. The third kappa shape index (κ3) is 1.45. The summed E-state index contributed by atoms with van der Waals surface area (Å²) in [4.78, 5) is 0. The number of nitriles is 1. The first-order valence-electron chi connectivity index (χ1n) is 3.82. The summed E-state index contributed by atoms with van der Waals surface area (Å²) >= 11 is 0. The zero-order chi connectivity index (χ0) is 9.41. The molecule has 1 aliphatic rings. The first-order chi connectivity index (χ1) is 5.40. The summed E-state index contributed by atoms with van der Waals surface area (Å²) in [6.07, 6.45) is 0.632. The van der Waals surface area contributed by atoms with Crippen LogP contribution >= 0.6 is 0 Å². The van der Waals surface area contributed by atoms with Crippen LogP contribution in [0.4, 0.5) is 0 Å². The number of sulfonamides is 1. The van der Waals surface area contributed by atoms with Crippen molar-refractivity contribution in [2.24, 2.45) is 0 Å². The molecule has 0 saturated carbocycles. The van der Waals surface area contributed by atoms with E-state index in [0.717, 1.165) is 0 Å². The van der Waals surface area contributed by atoms with Gasteiger partial charge in [-0.05, 0) is 20.3 Å². The maximum atomic E-state index is 11.3. The number of hydrogen-bond acceptors (Lipinski definition) is 3. The number of nitrogens with zero attached hydrogens (tertiary/aromatic N) is 2. The second-order valence-corrected chi connectivity index (χ2v) is 5.43. The van der Waals surface area contributed by atoms with Crippen LogP contribution in [0.1, 0.15) is 20.3 Å². The minimum Gasteiger partial charge on any atom is -0.212 e. The molecule has 1 fully saturated rings. The van der Waals surface area contributed by atoms with Gasteiger partial charge in [0.25, 0.3) is 0 Å². The van der Waals surface area contributed by atoms with Crippen LogP contribution in [-0.4, -0.2) is 30.6 Å². The Morgan fingerprint density at radius 2 is 2.08 bits per heavy atom. The maximum absolute atomic E-state index is 11.3. The van der Waals surface area contributed by atoms with E-state index < -0.39 is 15.6 Å². The molecule has 0 spiro atoms. The molecule has 0 aliphatic carbocycles. The molecule has 12 heavy (non-hydrogen) atoms. The monoisotopic (exact) mass is 188 g/mol. The molecular weight excluding hydrogens is 176 g/mol. The van der Waals surface area contributed by atoms with Gasteiger partial charge in [0.1, 0.15) is 5.54 Å². The molecule has 0 atom stereocenters. The first kappa shape index (κ1) is 9.49. The summed E-state index contributed by atoms with van der Waals surface area (Å²) in [5.74, 6) is 0.179. The molecule has 0 radical (unpaired) electrons. The Morgan fingerprint density at radius 1 is 1.50 bits per heavy atom. The standard InChI is InChI=1S/C7H12N2O2S/c1-7(2,6-8)9-4-3-5-12(9,10)11/h3-5H2,1-2H3. The van der Waals surface area contributed by atoms with Gasteiger partial charge in [0.15, 0.2) is 0 Å². The van der Waals surface area contributed by atoms with Crippen molar-refractivity contribution < 1.29 is 8.42 Å². The molecule has 0 unspecified atom stereocenters. The summed E-state index contributed by atoms with van der Waals surface area (Å²) in [5.41, 5.74) is -0.894. The van der Waals surface area contributed by atoms with Crippen molar-refractivity contribution in [3.63, 3.8) is 0 Å². The Hall–Kier alpha value is -0.600. The Kier molecular flexibility index (Phi) is 2.15. The first-order valence-corrected chi connectivity index (χ1v) is 5.43. The van der Waals surface area contributed by atoms with Crippen LogP contribution in [0.25, 0.3) is 0 Å². The smallest absolute Gasteiger partial charge is 0.212 e. The zero-order valence-corrected chi connectivity index (χ0v) is 8.06. The van der Waals surface area contributed by atoms with E-state index >= 15 is 0 Å². The minimum atomic E-state index is -3.15. The molecule has 0 amide bonds. The number of rotatable bonds is 1. The van der Waals surface area contributed by atoms with Crippen molar-refractivity contribution in [1.29, 1.82) is 5.26 Å². The third-order valence-corrected chi connectivity index (χ3v) is 4.11. The molecule has 68 valence electrons. The van der Waals surface area contributed by atoms with Gasteiger partial charge in [-0.2, -0.15) is 9.57 Å². The average Bonchev–Trinajstić information content (AvgIpc) is 2.30. The Bertz CT molecular complexity index is 313. The molecule has 0 bridgehead atoms. The van der Waals surface area contributed by atoms with Crippen molar-refractivity contribution in [2.45, 2.75) is 25.8 Å². The van der Waals surface area contributed by atoms with Gasteiger partial charge < -0.3 is 0 Å². The molecule has 1 aliphatic heterocycles. The lowest BCUT2D eigenvalue weighted by Crippen LogP contribution is -2.43. The predicted molar refractivity (Wildman–Crippen MR) is 44.8 cm³/mol. The summed E-state index contributed by atoms with van der Waals surface area (Å²) in [6, 6.07) is 1.99. The van der Waals surface area contributed by atoms with Crippen molar-refractivity contribution in [1.82, 2.24) is 4.31 Å². The molecule has 1 heterocycles. The van der Waals surface area contributed by atoms with Gasteiger partial charge in [-0.1, -0.05) is 0 Å². The van der Waals surface area contributed by atoms with E-state index in [1.165, 1.54) is 4.31 Å². The highest BCUT2D eigenvalue weighted by molar-refractivity contribution is 7.89. The summed E-state index contributed by atoms with van der Waals surface area (Å²) in [5, 5.41) is 8.73. The second kappa shape index (κ2) is 2.71. The van der Waals surface area contributed by atoms with E-state index in [4.69, 9.17) is 5.26 Å². The Labute approximate surface area is 72.8 Å². The molecule has 4 nitrogen and oxygen atoms in total. The second-order valence-electron chi connectivity index (χ2n) is 3.41. The van der Waals surface area contributed by atoms with Gasteiger partial charge in [-0.3, -0.25) is 0 Å². The summed E-state index contributed by atoms with van der Waals surface area (Å²) in [6.45, 7) is 3.72. The van der Waals surface area contributed by atoms with Crippen LogP contribution in [0.5, 0.6) is 0 Å². The molecular formula is C7H12N2O2S. The van der Waals surface area contributed by atoms with Crippen LogP contribution < -0.4 is 0 Å². The van der Waals surface area contributed by atoms with Gasteiger partial charge in [0, 0.05) is 6.54 Å². The van der Waals surface area contributed by atoms with Crippen LogP contribution in [0.15, 0.2) is 0 Å². The van der Waals surface area contributed by atoms with E-state index in [9.17, 15) is 8.42 Å². The molecule has 0 aromatic rings. The highest BCUT2D eigenvalue weighted by atomic mass is 32.2. The van der Waals surface area contributed by atoms with E-state index in [1.807, 2.05) is 6.07 Å². The molecule has 1 rings (SSSR count). The van der Waals surface area contributed by atoms with E-state index in [-0.39, 0.29) is 5.75 Å². The van der Waals surface area contributed by atoms with Crippen molar-refractivity contribution in [2.75, 3.05) is 12.3 Å². The van der Waals surface area contributed by atoms with Crippen molar-refractivity contribution >= 4 is 10.0 Å². The van der Waals surface area contributed by atoms with E-state index in [1.54, 1.807) is 13.8 Å². The fourth-order valence-corrected chi connectivity index (χ4v) is 3.18. The van der Waals surface area contributed by atoms with Crippen molar-refractivity contribution in [3.05, 3.63) is 0 Å². The topological polar surface area (TPSA) is 61.2 Å². The molecule has 5 heteroatoms.